The second-order valence-corrected chi connectivity index (χ2v) is 7.41. The van der Waals surface area contributed by atoms with Crippen LogP contribution in [0.5, 0.6) is 0 Å². The average molecular weight is 498 g/mol. The Bertz CT molecular complexity index is 786. The van der Waals surface area contributed by atoms with Crippen LogP contribution in [0, 0.1) is 0 Å². The maximum Gasteiger partial charge on any atom is 0.193 e. The fourth-order valence-corrected chi connectivity index (χ4v) is 3.82. The first kappa shape index (κ1) is 19.4. The van der Waals surface area contributed by atoms with Crippen LogP contribution in [0.4, 0.5) is 0 Å². The van der Waals surface area contributed by atoms with Crippen molar-refractivity contribution in [3.8, 4) is 0 Å². The van der Waals surface area contributed by atoms with Gasteiger partial charge in [-0.25, -0.2) is 4.98 Å². The molecular formula is C14H17ClIN5OS2. The van der Waals surface area contributed by atoms with Gasteiger partial charge in [0.15, 0.2) is 10.9 Å². The second kappa shape index (κ2) is 8.99. The van der Waals surface area contributed by atoms with Gasteiger partial charge in [0.05, 0.1) is 16.6 Å². The number of thiazole rings is 1. The van der Waals surface area contributed by atoms with Gasteiger partial charge in [-0.1, -0.05) is 11.6 Å². The number of hydrogen-bond acceptors (Lipinski definition) is 5. The maximum absolute atomic E-state index is 10.1. The third-order valence-electron chi connectivity index (χ3n) is 3.19. The summed E-state index contributed by atoms with van der Waals surface area (Å²) >= 11 is 8.85. The maximum atomic E-state index is 10.1. The molecule has 0 saturated heterocycles. The molecule has 3 N–H and O–H groups in total. The SMILES string of the molecule is CN=C(NCc1cn2ccsc2n1)NCC(O)c1ccc(Cl)s1.I. The van der Waals surface area contributed by atoms with Crippen LogP contribution in [0.3, 0.4) is 0 Å². The molecule has 0 saturated carbocycles. The van der Waals surface area contributed by atoms with E-state index in [1.807, 2.05) is 28.2 Å². The molecule has 1 atom stereocenters. The number of nitrogens with zero attached hydrogens (tertiary/aromatic N) is 3. The largest absolute Gasteiger partial charge is 0.386 e. The number of guanidine groups is 1. The fraction of sp³-hybridized carbons (Fsp3) is 0.286. The summed E-state index contributed by atoms with van der Waals surface area (Å²) in [6.45, 7) is 0.920. The van der Waals surface area contributed by atoms with Gasteiger partial charge in [-0.15, -0.1) is 46.7 Å². The van der Waals surface area contributed by atoms with Gasteiger partial charge >= 0.3 is 0 Å². The summed E-state index contributed by atoms with van der Waals surface area (Å²) in [7, 11) is 1.69. The third-order valence-corrected chi connectivity index (χ3v) is 5.29. The molecule has 0 aromatic carbocycles. The first-order valence-corrected chi connectivity index (χ1v) is 9.02. The molecule has 0 radical (unpaired) electrons. The monoisotopic (exact) mass is 497 g/mol. The van der Waals surface area contributed by atoms with Crippen LogP contribution < -0.4 is 10.6 Å². The Morgan fingerprint density at radius 3 is 2.96 bits per heavy atom. The lowest BCUT2D eigenvalue weighted by Crippen LogP contribution is -2.38. The Morgan fingerprint density at radius 2 is 2.29 bits per heavy atom. The Morgan fingerprint density at radius 1 is 1.46 bits per heavy atom. The minimum Gasteiger partial charge on any atom is -0.386 e. The predicted octanol–water partition coefficient (Wildman–Crippen LogP) is 3.13. The normalized spacial score (nSPS) is 12.9. The van der Waals surface area contributed by atoms with Crippen molar-refractivity contribution < 1.29 is 5.11 Å². The van der Waals surface area contributed by atoms with E-state index in [2.05, 4.69) is 20.6 Å². The Balaban J connectivity index is 0.00000208. The molecule has 3 heterocycles. The minimum absolute atomic E-state index is 0. The molecule has 3 rings (SSSR count). The van der Waals surface area contributed by atoms with Crippen molar-refractivity contribution in [3.05, 3.63) is 44.8 Å². The van der Waals surface area contributed by atoms with E-state index in [1.54, 1.807) is 24.5 Å². The first-order valence-electron chi connectivity index (χ1n) is 6.94. The number of rotatable bonds is 5. The molecule has 3 aromatic heterocycles. The van der Waals surface area contributed by atoms with Crippen molar-refractivity contribution in [1.82, 2.24) is 20.0 Å². The van der Waals surface area contributed by atoms with Gasteiger partial charge in [0.25, 0.3) is 0 Å². The molecule has 10 heteroatoms. The van der Waals surface area contributed by atoms with Gasteiger partial charge in [-0.2, -0.15) is 0 Å². The predicted molar refractivity (Wildman–Crippen MR) is 111 cm³/mol. The van der Waals surface area contributed by atoms with Gasteiger partial charge in [0.2, 0.25) is 0 Å². The summed E-state index contributed by atoms with van der Waals surface area (Å²) in [6.07, 6.45) is 3.34. The zero-order chi connectivity index (χ0) is 16.2. The number of hydrogen-bond donors (Lipinski definition) is 3. The van der Waals surface area contributed by atoms with Gasteiger partial charge in [-0.05, 0) is 12.1 Å². The Labute approximate surface area is 169 Å². The van der Waals surface area contributed by atoms with Crippen LogP contribution in [-0.2, 0) is 6.54 Å². The van der Waals surface area contributed by atoms with E-state index in [0.717, 1.165) is 15.5 Å². The summed E-state index contributed by atoms with van der Waals surface area (Å²) in [5, 5.41) is 18.4. The first-order chi connectivity index (χ1) is 11.2. The Kier molecular flexibility index (Phi) is 7.29. The highest BCUT2D eigenvalue weighted by molar-refractivity contribution is 14.0. The lowest BCUT2D eigenvalue weighted by atomic mass is 10.3. The molecule has 0 amide bonds. The highest BCUT2D eigenvalue weighted by atomic mass is 127. The fourth-order valence-electron chi connectivity index (χ4n) is 2.06. The topological polar surface area (TPSA) is 74.0 Å². The van der Waals surface area contributed by atoms with E-state index in [-0.39, 0.29) is 24.0 Å². The molecule has 0 fully saturated rings. The summed E-state index contributed by atoms with van der Waals surface area (Å²) < 4.78 is 2.66. The molecular weight excluding hydrogens is 481 g/mol. The van der Waals surface area contributed by atoms with Crippen molar-refractivity contribution in [2.45, 2.75) is 12.6 Å². The van der Waals surface area contributed by atoms with Crippen molar-refractivity contribution in [1.29, 1.82) is 0 Å². The average Bonchev–Trinajstić information content (AvgIpc) is 3.22. The second-order valence-electron chi connectivity index (χ2n) is 4.79. The highest BCUT2D eigenvalue weighted by Crippen LogP contribution is 2.26. The molecule has 130 valence electrons. The lowest BCUT2D eigenvalue weighted by molar-refractivity contribution is 0.184. The van der Waals surface area contributed by atoms with Gasteiger partial charge in [0.1, 0.15) is 6.10 Å². The number of aromatic nitrogens is 2. The van der Waals surface area contributed by atoms with E-state index in [1.165, 1.54) is 11.3 Å². The molecule has 0 aliphatic carbocycles. The minimum atomic E-state index is -0.621. The molecule has 0 aliphatic heterocycles. The van der Waals surface area contributed by atoms with E-state index >= 15 is 0 Å². The van der Waals surface area contributed by atoms with Crippen LogP contribution in [-0.4, -0.2) is 34.0 Å². The number of fused-ring (bicyclic) bond motifs is 1. The number of aliphatic hydroxyl groups excluding tert-OH is 1. The summed E-state index contributed by atoms with van der Waals surface area (Å²) in [5.74, 6) is 0.614. The lowest BCUT2D eigenvalue weighted by Gasteiger charge is -2.14. The Hall–Kier alpha value is -0.880. The van der Waals surface area contributed by atoms with Crippen LogP contribution in [0.1, 0.15) is 16.7 Å². The molecule has 0 bridgehead atoms. The standard InChI is InChI=1S/C14H16ClN5OS2.HI/c1-16-13(18-7-10(21)11-2-3-12(15)23-11)17-6-9-8-20-4-5-22-14(20)19-9;/h2-5,8,10,21H,6-7H2,1H3,(H2,16,17,18);1H. The summed E-state index contributed by atoms with van der Waals surface area (Å²) in [4.78, 5) is 10.4. The molecule has 1 unspecified atom stereocenters. The quantitative estimate of drug-likeness (QED) is 0.288. The van der Waals surface area contributed by atoms with Crippen LogP contribution in [0.25, 0.3) is 4.96 Å². The summed E-state index contributed by atoms with van der Waals surface area (Å²) in [6, 6.07) is 3.61. The zero-order valence-electron chi connectivity index (χ0n) is 12.8. The number of nitrogens with one attached hydrogen (secondary N) is 2. The van der Waals surface area contributed by atoms with Crippen molar-refractivity contribution in [2.24, 2.45) is 4.99 Å². The smallest absolute Gasteiger partial charge is 0.193 e. The zero-order valence-corrected chi connectivity index (χ0v) is 17.5. The van der Waals surface area contributed by atoms with E-state index < -0.39 is 6.10 Å². The molecule has 0 aliphatic rings. The van der Waals surface area contributed by atoms with E-state index in [4.69, 9.17) is 11.6 Å². The van der Waals surface area contributed by atoms with Crippen LogP contribution >= 0.6 is 58.3 Å². The van der Waals surface area contributed by atoms with Gasteiger partial charge < -0.3 is 15.7 Å². The van der Waals surface area contributed by atoms with Crippen molar-refractivity contribution >= 4 is 69.2 Å². The molecule has 0 spiro atoms. The third kappa shape index (κ3) is 4.82. The number of imidazole rings is 1. The van der Waals surface area contributed by atoms with Crippen molar-refractivity contribution in [3.63, 3.8) is 0 Å². The van der Waals surface area contributed by atoms with Crippen molar-refractivity contribution in [2.75, 3.05) is 13.6 Å². The molecule has 24 heavy (non-hydrogen) atoms. The molecule has 3 aromatic rings. The number of thiophene rings is 1. The molecule has 6 nitrogen and oxygen atoms in total. The van der Waals surface area contributed by atoms with Gasteiger partial charge in [0, 0.05) is 36.2 Å². The van der Waals surface area contributed by atoms with Gasteiger partial charge in [-0.3, -0.25) is 9.39 Å². The number of aliphatic hydroxyl groups is 1. The van der Waals surface area contributed by atoms with Crippen LogP contribution in [0.15, 0.2) is 34.9 Å². The summed E-state index contributed by atoms with van der Waals surface area (Å²) in [5.41, 5.74) is 0.936. The number of halogens is 2. The number of aliphatic imine (C=N–C) groups is 1. The highest BCUT2D eigenvalue weighted by Gasteiger charge is 2.11. The van der Waals surface area contributed by atoms with E-state index in [0.29, 0.717) is 23.4 Å². The van der Waals surface area contributed by atoms with Crippen LogP contribution in [0.2, 0.25) is 4.34 Å². The van der Waals surface area contributed by atoms with E-state index in [9.17, 15) is 5.11 Å².